The monoisotopic (exact) mass is 290 g/mol. The Morgan fingerprint density at radius 3 is 3.05 bits per heavy atom. The van der Waals surface area contributed by atoms with E-state index in [-0.39, 0.29) is 0 Å². The first-order chi connectivity index (χ1) is 9.76. The fraction of sp³-hybridized carbons (Fsp3) is 0.533. The topological polar surface area (TPSA) is 32.6 Å². The molecule has 2 aromatic rings. The Hall–Kier alpha value is -1.10. The summed E-state index contributed by atoms with van der Waals surface area (Å²) >= 11 is 6.02. The van der Waals surface area contributed by atoms with Gasteiger partial charge in [0.05, 0.1) is 10.7 Å². The van der Waals surface area contributed by atoms with Crippen LogP contribution in [-0.2, 0) is 6.54 Å². The van der Waals surface area contributed by atoms with Gasteiger partial charge in [0.15, 0.2) is 0 Å². The Labute approximate surface area is 123 Å². The third-order valence-electron chi connectivity index (χ3n) is 4.46. The van der Waals surface area contributed by atoms with Crippen molar-refractivity contribution in [3.8, 4) is 0 Å². The number of hydrogen-bond acceptors (Lipinski definition) is 3. The van der Waals surface area contributed by atoms with E-state index < -0.39 is 0 Å². The molecule has 0 aromatic carbocycles. The third-order valence-corrected chi connectivity index (χ3v) is 4.68. The summed E-state index contributed by atoms with van der Waals surface area (Å²) < 4.78 is 2.01. The zero-order chi connectivity index (χ0) is 13.5. The first-order valence-corrected chi connectivity index (χ1v) is 7.75. The number of imidazole rings is 1. The fourth-order valence-corrected chi connectivity index (χ4v) is 3.65. The van der Waals surface area contributed by atoms with Crippen molar-refractivity contribution >= 4 is 17.2 Å². The maximum atomic E-state index is 6.02. The molecular weight excluding hydrogens is 272 g/mol. The summed E-state index contributed by atoms with van der Waals surface area (Å²) in [7, 11) is 0. The van der Waals surface area contributed by atoms with Gasteiger partial charge in [0.25, 0.3) is 0 Å². The predicted octanol–water partition coefficient (Wildman–Crippen LogP) is 2.31. The smallest absolute Gasteiger partial charge is 0.137 e. The second-order valence-electron chi connectivity index (χ2n) is 6.01. The molecular formula is C15H19ClN4. The average Bonchev–Trinajstić information content (AvgIpc) is 2.95. The Morgan fingerprint density at radius 2 is 2.10 bits per heavy atom. The van der Waals surface area contributed by atoms with Crippen LogP contribution in [0.4, 0.5) is 0 Å². The lowest BCUT2D eigenvalue weighted by molar-refractivity contribution is 0.248. The van der Waals surface area contributed by atoms with Crippen LogP contribution < -0.4 is 5.32 Å². The second kappa shape index (κ2) is 5.02. The first kappa shape index (κ1) is 12.6. The molecule has 2 saturated heterocycles. The number of hydrogen-bond donors (Lipinski definition) is 1. The van der Waals surface area contributed by atoms with Gasteiger partial charge in [-0.1, -0.05) is 11.6 Å². The van der Waals surface area contributed by atoms with Crippen molar-refractivity contribution in [3.05, 3.63) is 35.2 Å². The lowest BCUT2D eigenvalue weighted by Crippen LogP contribution is -2.35. The number of fused-ring (bicyclic) bond motifs is 3. The standard InChI is InChI=1S/C15H19ClN4/c16-11-1-4-15-18-14(10-20(15)7-11)9-19-6-5-12-2-3-13(8-19)17-12/h1,4,7,10,12-13,17H,2-3,5-6,8-9H2. The number of likely N-dealkylation sites (tertiary alicyclic amines) is 1. The second-order valence-corrected chi connectivity index (χ2v) is 6.44. The first-order valence-electron chi connectivity index (χ1n) is 7.38. The molecule has 2 bridgehead atoms. The van der Waals surface area contributed by atoms with Gasteiger partial charge in [-0.2, -0.15) is 0 Å². The Balaban J connectivity index is 1.52. The highest BCUT2D eigenvalue weighted by Gasteiger charge is 2.29. The fourth-order valence-electron chi connectivity index (χ4n) is 3.48. The molecule has 20 heavy (non-hydrogen) atoms. The Bertz CT molecular complexity index is 623. The van der Waals surface area contributed by atoms with E-state index in [1.54, 1.807) is 0 Å². The molecule has 0 amide bonds. The number of nitrogens with zero attached hydrogens (tertiary/aromatic N) is 3. The van der Waals surface area contributed by atoms with Crippen LogP contribution in [0.3, 0.4) is 0 Å². The van der Waals surface area contributed by atoms with E-state index in [1.807, 2.05) is 22.7 Å². The molecule has 4 rings (SSSR count). The van der Waals surface area contributed by atoms with Crippen LogP contribution in [0.5, 0.6) is 0 Å². The highest BCUT2D eigenvalue weighted by molar-refractivity contribution is 6.30. The van der Waals surface area contributed by atoms with E-state index in [0.29, 0.717) is 6.04 Å². The van der Waals surface area contributed by atoms with Crippen molar-refractivity contribution in [2.75, 3.05) is 13.1 Å². The highest BCUT2D eigenvalue weighted by atomic mass is 35.5. The summed E-state index contributed by atoms with van der Waals surface area (Å²) in [5.74, 6) is 0. The van der Waals surface area contributed by atoms with Gasteiger partial charge in [-0.15, -0.1) is 0 Å². The minimum absolute atomic E-state index is 0.675. The van der Waals surface area contributed by atoms with Gasteiger partial charge in [0.2, 0.25) is 0 Å². The summed E-state index contributed by atoms with van der Waals surface area (Å²) in [6.45, 7) is 3.25. The van der Waals surface area contributed by atoms with Gasteiger partial charge in [-0.25, -0.2) is 4.98 Å². The van der Waals surface area contributed by atoms with E-state index in [9.17, 15) is 0 Å². The van der Waals surface area contributed by atoms with Crippen LogP contribution in [0, 0.1) is 0 Å². The zero-order valence-corrected chi connectivity index (χ0v) is 12.2. The van der Waals surface area contributed by atoms with E-state index in [4.69, 9.17) is 11.6 Å². The molecule has 4 nitrogen and oxygen atoms in total. The molecule has 2 fully saturated rings. The highest BCUT2D eigenvalue weighted by Crippen LogP contribution is 2.21. The van der Waals surface area contributed by atoms with E-state index in [0.717, 1.165) is 35.5 Å². The molecule has 5 heteroatoms. The molecule has 2 atom stereocenters. The van der Waals surface area contributed by atoms with Crippen molar-refractivity contribution in [3.63, 3.8) is 0 Å². The largest absolute Gasteiger partial charge is 0.310 e. The van der Waals surface area contributed by atoms with Crippen molar-refractivity contribution < 1.29 is 0 Å². The average molecular weight is 291 g/mol. The third kappa shape index (κ3) is 2.43. The number of nitrogens with one attached hydrogen (secondary N) is 1. The predicted molar refractivity (Wildman–Crippen MR) is 80.0 cm³/mol. The quantitative estimate of drug-likeness (QED) is 0.921. The van der Waals surface area contributed by atoms with Crippen LogP contribution in [0.25, 0.3) is 5.65 Å². The molecule has 4 heterocycles. The summed E-state index contributed by atoms with van der Waals surface area (Å²) in [5, 5.41) is 4.47. The molecule has 2 aromatic heterocycles. The molecule has 0 aliphatic carbocycles. The molecule has 2 aliphatic rings. The molecule has 1 N–H and O–H groups in total. The van der Waals surface area contributed by atoms with Crippen LogP contribution in [-0.4, -0.2) is 39.5 Å². The molecule has 2 unspecified atom stereocenters. The van der Waals surface area contributed by atoms with Gasteiger partial charge >= 0.3 is 0 Å². The lowest BCUT2D eigenvalue weighted by atomic mass is 10.1. The Morgan fingerprint density at radius 1 is 1.20 bits per heavy atom. The molecule has 106 valence electrons. The minimum atomic E-state index is 0.675. The van der Waals surface area contributed by atoms with E-state index in [1.165, 1.54) is 25.8 Å². The lowest BCUT2D eigenvalue weighted by Gasteiger charge is -2.22. The summed E-state index contributed by atoms with van der Waals surface area (Å²) in [6, 6.07) is 5.28. The van der Waals surface area contributed by atoms with Gasteiger partial charge in [0.1, 0.15) is 5.65 Å². The maximum absolute atomic E-state index is 6.02. The van der Waals surface area contributed by atoms with E-state index in [2.05, 4.69) is 21.4 Å². The van der Waals surface area contributed by atoms with E-state index >= 15 is 0 Å². The normalized spacial score (nSPS) is 27.1. The van der Waals surface area contributed by atoms with Crippen molar-refractivity contribution in [1.82, 2.24) is 19.6 Å². The zero-order valence-electron chi connectivity index (χ0n) is 11.4. The molecule has 0 spiro atoms. The summed E-state index contributed by atoms with van der Waals surface area (Å²) in [5.41, 5.74) is 2.10. The number of aromatic nitrogens is 2. The van der Waals surface area contributed by atoms with Gasteiger partial charge < -0.3 is 9.72 Å². The Kier molecular flexibility index (Phi) is 3.17. The van der Waals surface area contributed by atoms with Crippen LogP contribution in [0.2, 0.25) is 5.02 Å². The van der Waals surface area contributed by atoms with Gasteiger partial charge in [0, 0.05) is 44.1 Å². The SMILES string of the molecule is Clc1ccc2nc(CN3CCC4CCC(C3)N4)cn2c1. The maximum Gasteiger partial charge on any atom is 0.137 e. The molecule has 0 saturated carbocycles. The van der Waals surface area contributed by atoms with Crippen LogP contribution in [0.15, 0.2) is 24.5 Å². The molecule has 2 aliphatic heterocycles. The van der Waals surface area contributed by atoms with Gasteiger partial charge in [-0.05, 0) is 31.4 Å². The summed E-state index contributed by atoms with van der Waals surface area (Å²) in [6.07, 6.45) is 7.94. The van der Waals surface area contributed by atoms with Gasteiger partial charge in [-0.3, -0.25) is 4.90 Å². The number of pyridine rings is 1. The van der Waals surface area contributed by atoms with Crippen LogP contribution >= 0.6 is 11.6 Å². The van der Waals surface area contributed by atoms with Crippen LogP contribution in [0.1, 0.15) is 25.0 Å². The van der Waals surface area contributed by atoms with Crippen molar-refractivity contribution in [2.45, 2.75) is 37.9 Å². The van der Waals surface area contributed by atoms with Crippen molar-refractivity contribution in [2.24, 2.45) is 0 Å². The molecule has 0 radical (unpaired) electrons. The van der Waals surface area contributed by atoms with Crippen molar-refractivity contribution in [1.29, 1.82) is 0 Å². The summed E-state index contributed by atoms with van der Waals surface area (Å²) in [4.78, 5) is 7.21. The number of halogens is 1. The minimum Gasteiger partial charge on any atom is -0.310 e. The number of rotatable bonds is 2.